The molecule has 2 aromatic carbocycles. The fourth-order valence-corrected chi connectivity index (χ4v) is 5.95. The van der Waals surface area contributed by atoms with Crippen LogP contribution in [0.5, 0.6) is 5.75 Å². The summed E-state index contributed by atoms with van der Waals surface area (Å²) in [6, 6.07) is 17.7. The molecule has 9 nitrogen and oxygen atoms in total. The van der Waals surface area contributed by atoms with Crippen molar-refractivity contribution in [3.63, 3.8) is 0 Å². The molecule has 0 radical (unpaired) electrons. The van der Waals surface area contributed by atoms with Crippen molar-refractivity contribution in [2.45, 2.75) is 46.6 Å². The molecule has 11 heteroatoms. The minimum Gasteiger partial charge on any atom is -0.493 e. The van der Waals surface area contributed by atoms with E-state index >= 15 is 0 Å². The summed E-state index contributed by atoms with van der Waals surface area (Å²) in [6.07, 6.45) is 5.75. The van der Waals surface area contributed by atoms with Gasteiger partial charge in [0.1, 0.15) is 11.2 Å². The van der Waals surface area contributed by atoms with Crippen LogP contribution in [0.25, 0.3) is 0 Å². The third kappa shape index (κ3) is 7.77. The number of carbonyl (C=O) groups excluding carboxylic acids is 3. The average Bonchev–Trinajstić information content (AvgIpc) is 3.07. The van der Waals surface area contributed by atoms with Gasteiger partial charge in [0, 0.05) is 70.3 Å². The maximum absolute atomic E-state index is 13.2. The van der Waals surface area contributed by atoms with Gasteiger partial charge in [0.15, 0.2) is 0 Å². The summed E-state index contributed by atoms with van der Waals surface area (Å²) in [5.74, 6) is 0.369. The zero-order valence-electron chi connectivity index (χ0n) is 26.4. The Morgan fingerprint density at radius 3 is 2.40 bits per heavy atom. The first-order valence-electron chi connectivity index (χ1n) is 15.1. The van der Waals surface area contributed by atoms with Gasteiger partial charge in [-0.1, -0.05) is 24.3 Å². The molecule has 0 saturated carbocycles. The third-order valence-corrected chi connectivity index (χ3v) is 8.38. The molecular formula is C34H43Cl2N5O4. The normalized spacial score (nSPS) is 15.6. The van der Waals surface area contributed by atoms with Gasteiger partial charge < -0.3 is 19.4 Å². The predicted molar refractivity (Wildman–Crippen MR) is 183 cm³/mol. The van der Waals surface area contributed by atoms with E-state index in [2.05, 4.69) is 22.0 Å². The van der Waals surface area contributed by atoms with Crippen molar-refractivity contribution in [2.75, 3.05) is 54.5 Å². The van der Waals surface area contributed by atoms with Gasteiger partial charge in [0.25, 0.3) is 0 Å². The summed E-state index contributed by atoms with van der Waals surface area (Å²) in [5, 5.41) is 0. The fraction of sp³-hybridized carbons (Fsp3) is 0.412. The molecule has 2 aliphatic heterocycles. The van der Waals surface area contributed by atoms with Crippen LogP contribution < -0.4 is 19.4 Å². The van der Waals surface area contributed by atoms with E-state index in [9.17, 15) is 14.4 Å². The van der Waals surface area contributed by atoms with Gasteiger partial charge >= 0.3 is 0 Å². The van der Waals surface area contributed by atoms with Crippen LogP contribution in [-0.4, -0.2) is 67.4 Å². The summed E-state index contributed by atoms with van der Waals surface area (Å²) < 4.78 is 6.16. The lowest BCUT2D eigenvalue weighted by atomic mass is 9.90. The molecule has 3 amide bonds. The number of ether oxygens (including phenoxy) is 1. The predicted octanol–water partition coefficient (Wildman–Crippen LogP) is 5.53. The minimum atomic E-state index is -1.15. The lowest BCUT2D eigenvalue weighted by molar-refractivity contribution is -0.137. The smallest absolute Gasteiger partial charge is 0.242 e. The van der Waals surface area contributed by atoms with Crippen molar-refractivity contribution in [1.82, 2.24) is 9.88 Å². The first kappa shape index (κ1) is 35.8. The number of fused-ring (bicyclic) bond motifs is 2. The third-order valence-electron chi connectivity index (χ3n) is 8.38. The first-order valence-corrected chi connectivity index (χ1v) is 15.1. The second-order valence-corrected chi connectivity index (χ2v) is 11.7. The maximum atomic E-state index is 13.2. The standard InChI is InChI=1S/C34H41N5O4.2ClH/c1-5-38-29-15-14-27(22-30(29)36(4)32(41)34(2,3)33(38)42)43-21-9-18-37(24-25-10-8-17-35-23-25)19-20-39-28-12-7-6-11-26(28)13-16-31(39)40;;/h6-8,10-12,14-15,17,22-23H,5,9,13,16,18-21,24H2,1-4H3;2*1H. The molecule has 242 valence electrons. The lowest BCUT2D eigenvalue weighted by Gasteiger charge is -2.32. The summed E-state index contributed by atoms with van der Waals surface area (Å²) in [5.41, 5.74) is 3.57. The number of hydrogen-bond donors (Lipinski definition) is 0. The molecule has 0 atom stereocenters. The Kier molecular flexibility index (Phi) is 12.4. The number of amides is 3. The zero-order chi connectivity index (χ0) is 30.6. The van der Waals surface area contributed by atoms with Crippen LogP contribution in [0.2, 0.25) is 0 Å². The molecule has 0 fully saturated rings. The summed E-state index contributed by atoms with van der Waals surface area (Å²) in [7, 11) is 1.71. The molecule has 2 aliphatic rings. The second-order valence-electron chi connectivity index (χ2n) is 11.7. The Morgan fingerprint density at radius 2 is 1.67 bits per heavy atom. The SMILES string of the molecule is CCN1C(=O)C(C)(C)C(=O)N(C)c2cc(OCCCN(CCN3C(=O)CCc4ccccc43)Cc3cccnc3)ccc21.Cl.Cl. The Bertz CT molecular complexity index is 1490. The van der Waals surface area contributed by atoms with Gasteiger partial charge in [0.2, 0.25) is 17.7 Å². The van der Waals surface area contributed by atoms with Crippen molar-refractivity contribution < 1.29 is 19.1 Å². The Morgan fingerprint density at radius 1 is 0.889 bits per heavy atom. The summed E-state index contributed by atoms with van der Waals surface area (Å²) in [4.78, 5) is 50.9. The highest BCUT2D eigenvalue weighted by Gasteiger charge is 2.45. The Labute approximate surface area is 278 Å². The summed E-state index contributed by atoms with van der Waals surface area (Å²) >= 11 is 0. The molecule has 3 aromatic rings. The van der Waals surface area contributed by atoms with E-state index in [-0.39, 0.29) is 42.5 Å². The largest absolute Gasteiger partial charge is 0.493 e. The number of carbonyl (C=O) groups is 3. The average molecular weight is 657 g/mol. The number of nitrogens with zero attached hydrogens (tertiary/aromatic N) is 5. The molecular weight excluding hydrogens is 613 g/mol. The van der Waals surface area contributed by atoms with Gasteiger partial charge in [-0.15, -0.1) is 24.8 Å². The van der Waals surface area contributed by atoms with E-state index < -0.39 is 5.41 Å². The van der Waals surface area contributed by atoms with Crippen LogP contribution in [0.15, 0.2) is 67.0 Å². The molecule has 0 saturated heterocycles. The number of hydrogen-bond acceptors (Lipinski definition) is 6. The molecule has 1 aromatic heterocycles. The monoisotopic (exact) mass is 655 g/mol. The molecule has 0 unspecified atom stereocenters. The first-order chi connectivity index (χ1) is 20.7. The van der Waals surface area contributed by atoms with E-state index in [1.54, 1.807) is 36.9 Å². The van der Waals surface area contributed by atoms with E-state index in [0.717, 1.165) is 43.7 Å². The van der Waals surface area contributed by atoms with E-state index in [1.165, 1.54) is 5.56 Å². The zero-order valence-corrected chi connectivity index (χ0v) is 28.0. The molecule has 0 N–H and O–H groups in total. The number of pyridine rings is 1. The molecule has 0 spiro atoms. The molecule has 3 heterocycles. The van der Waals surface area contributed by atoms with Crippen LogP contribution in [-0.2, 0) is 27.3 Å². The number of aromatic nitrogens is 1. The molecule has 0 bridgehead atoms. The summed E-state index contributed by atoms with van der Waals surface area (Å²) in [6.45, 7) is 9.05. The van der Waals surface area contributed by atoms with Gasteiger partial charge in [-0.05, 0) is 69.0 Å². The highest BCUT2D eigenvalue weighted by atomic mass is 35.5. The van der Waals surface area contributed by atoms with Crippen molar-refractivity contribution in [3.8, 4) is 5.75 Å². The van der Waals surface area contributed by atoms with Crippen molar-refractivity contribution in [1.29, 1.82) is 0 Å². The van der Waals surface area contributed by atoms with Gasteiger partial charge in [-0.3, -0.25) is 24.3 Å². The lowest BCUT2D eigenvalue weighted by Crippen LogP contribution is -2.47. The number of para-hydroxylation sites is 1. The van der Waals surface area contributed by atoms with Crippen LogP contribution >= 0.6 is 24.8 Å². The van der Waals surface area contributed by atoms with Crippen LogP contribution in [0.3, 0.4) is 0 Å². The van der Waals surface area contributed by atoms with Gasteiger partial charge in [-0.2, -0.15) is 0 Å². The fourth-order valence-electron chi connectivity index (χ4n) is 5.95. The second kappa shape index (κ2) is 15.6. The minimum absolute atomic E-state index is 0. The quantitative estimate of drug-likeness (QED) is 0.199. The highest BCUT2D eigenvalue weighted by molar-refractivity contribution is 6.20. The number of halogens is 2. The topological polar surface area (TPSA) is 86.3 Å². The van der Waals surface area contributed by atoms with E-state index in [4.69, 9.17) is 4.74 Å². The van der Waals surface area contributed by atoms with Gasteiger partial charge in [0.05, 0.1) is 18.0 Å². The van der Waals surface area contributed by atoms with E-state index in [0.29, 0.717) is 43.2 Å². The molecule has 5 rings (SSSR count). The Balaban J connectivity index is 0.00000276. The van der Waals surface area contributed by atoms with Crippen molar-refractivity contribution in [3.05, 3.63) is 78.1 Å². The van der Waals surface area contributed by atoms with Crippen LogP contribution in [0.1, 0.15) is 44.7 Å². The number of benzene rings is 2. The van der Waals surface area contributed by atoms with Crippen LogP contribution in [0, 0.1) is 5.41 Å². The van der Waals surface area contributed by atoms with Crippen molar-refractivity contribution in [2.24, 2.45) is 5.41 Å². The number of rotatable bonds is 11. The van der Waals surface area contributed by atoms with Crippen molar-refractivity contribution >= 4 is 59.6 Å². The maximum Gasteiger partial charge on any atom is 0.242 e. The molecule has 0 aliphatic carbocycles. The van der Waals surface area contributed by atoms with Gasteiger partial charge in [-0.25, -0.2) is 0 Å². The molecule has 45 heavy (non-hydrogen) atoms. The highest BCUT2D eigenvalue weighted by Crippen LogP contribution is 2.40. The van der Waals surface area contributed by atoms with E-state index in [1.807, 2.05) is 60.5 Å². The Hall–Kier alpha value is -3.66. The number of anilines is 3. The number of aryl methyl sites for hydroxylation is 1. The van der Waals surface area contributed by atoms with Crippen LogP contribution in [0.4, 0.5) is 17.1 Å².